The topological polar surface area (TPSA) is 65.5 Å². The van der Waals surface area contributed by atoms with Gasteiger partial charge >= 0.3 is 0 Å². The minimum absolute atomic E-state index is 0. The van der Waals surface area contributed by atoms with Gasteiger partial charge in [0.15, 0.2) is 0 Å². The standard InChI is InChI=1S/C20H22BrFN4O2S2.ClH/c1-13(14-3-5-15(22)6-4-14)24-30(27,28)18-17-16(29-19(18)21)7-8-23-20(17)26-11-9-25(2)10-12-26;/h3-8,13,24H,9-12H2,1-2H3;1H. The number of fused-ring (bicyclic) bond motifs is 1. The lowest BCUT2D eigenvalue weighted by Gasteiger charge is -2.33. The molecule has 0 radical (unpaired) electrons. The number of hydrogen-bond donors (Lipinski definition) is 1. The van der Waals surface area contributed by atoms with Crippen molar-refractivity contribution < 1.29 is 12.8 Å². The molecule has 1 N–H and O–H groups in total. The first-order valence-corrected chi connectivity index (χ1v) is 12.6. The average molecular weight is 550 g/mol. The van der Waals surface area contributed by atoms with Crippen molar-refractivity contribution in [3.8, 4) is 0 Å². The molecule has 0 spiro atoms. The molecule has 11 heteroatoms. The highest BCUT2D eigenvalue weighted by molar-refractivity contribution is 9.11. The second-order valence-electron chi connectivity index (χ2n) is 7.40. The van der Waals surface area contributed by atoms with Crippen molar-refractivity contribution in [2.45, 2.75) is 17.9 Å². The minimum Gasteiger partial charge on any atom is -0.353 e. The van der Waals surface area contributed by atoms with Crippen molar-refractivity contribution in [3.63, 3.8) is 0 Å². The quantitative estimate of drug-likeness (QED) is 0.511. The second kappa shape index (κ2) is 9.68. The van der Waals surface area contributed by atoms with Gasteiger partial charge in [-0.25, -0.2) is 22.5 Å². The highest BCUT2D eigenvalue weighted by Crippen LogP contribution is 2.42. The average Bonchev–Trinajstić information content (AvgIpc) is 3.05. The number of pyridine rings is 1. The van der Waals surface area contributed by atoms with Crippen LogP contribution in [0.2, 0.25) is 0 Å². The third kappa shape index (κ3) is 5.04. The molecule has 0 bridgehead atoms. The Morgan fingerprint density at radius 3 is 2.45 bits per heavy atom. The fourth-order valence-corrected chi connectivity index (χ4v) is 7.67. The zero-order valence-corrected chi connectivity index (χ0v) is 21.0. The second-order valence-corrected chi connectivity index (χ2v) is 11.4. The number of halogens is 3. The van der Waals surface area contributed by atoms with Crippen LogP contribution in [0, 0.1) is 5.82 Å². The third-order valence-corrected chi connectivity index (χ3v) is 9.10. The number of likely N-dealkylation sites (N-methyl/N-ethyl adjacent to an activating group) is 1. The highest BCUT2D eigenvalue weighted by atomic mass is 79.9. The van der Waals surface area contributed by atoms with Gasteiger partial charge in [0, 0.05) is 43.1 Å². The van der Waals surface area contributed by atoms with E-state index in [1.165, 1.54) is 23.5 Å². The smallest absolute Gasteiger partial charge is 0.243 e. The molecule has 0 aliphatic carbocycles. The molecule has 1 aliphatic heterocycles. The molecule has 31 heavy (non-hydrogen) atoms. The summed E-state index contributed by atoms with van der Waals surface area (Å²) in [5.74, 6) is 0.334. The van der Waals surface area contributed by atoms with Crippen molar-refractivity contribution in [2.24, 2.45) is 0 Å². The van der Waals surface area contributed by atoms with E-state index in [2.05, 4.69) is 42.5 Å². The van der Waals surface area contributed by atoms with Crippen LogP contribution in [0.5, 0.6) is 0 Å². The van der Waals surface area contributed by atoms with Crippen LogP contribution in [0.4, 0.5) is 10.2 Å². The summed E-state index contributed by atoms with van der Waals surface area (Å²) in [6.45, 7) is 5.10. The van der Waals surface area contributed by atoms with Gasteiger partial charge in [0.25, 0.3) is 0 Å². The Kier molecular flexibility index (Phi) is 7.60. The lowest BCUT2D eigenvalue weighted by molar-refractivity contribution is 0.312. The Morgan fingerprint density at radius 2 is 1.81 bits per heavy atom. The number of benzene rings is 1. The van der Waals surface area contributed by atoms with E-state index in [0.29, 0.717) is 20.6 Å². The Morgan fingerprint density at radius 1 is 1.16 bits per heavy atom. The first kappa shape index (κ1) is 24.3. The summed E-state index contributed by atoms with van der Waals surface area (Å²) in [7, 11) is -1.79. The summed E-state index contributed by atoms with van der Waals surface area (Å²) in [5, 5.41) is 0.637. The van der Waals surface area contributed by atoms with Gasteiger partial charge in [-0.2, -0.15) is 0 Å². The van der Waals surface area contributed by atoms with E-state index < -0.39 is 16.1 Å². The molecule has 2 aromatic heterocycles. The number of thiophene rings is 1. The van der Waals surface area contributed by atoms with Gasteiger partial charge in [-0.3, -0.25) is 0 Å². The fourth-order valence-electron chi connectivity index (χ4n) is 3.58. The van der Waals surface area contributed by atoms with Gasteiger partial charge in [-0.05, 0) is 53.7 Å². The monoisotopic (exact) mass is 548 g/mol. The molecule has 3 aromatic rings. The molecule has 1 aliphatic rings. The van der Waals surface area contributed by atoms with Crippen molar-refractivity contribution >= 4 is 65.6 Å². The molecule has 3 heterocycles. The maximum Gasteiger partial charge on any atom is 0.243 e. The lowest BCUT2D eigenvalue weighted by Crippen LogP contribution is -2.45. The normalized spacial score (nSPS) is 16.3. The Bertz CT molecular complexity index is 1170. The number of nitrogens with zero attached hydrogens (tertiary/aromatic N) is 3. The first-order valence-electron chi connectivity index (χ1n) is 9.54. The van der Waals surface area contributed by atoms with Crippen LogP contribution in [-0.4, -0.2) is 51.5 Å². The summed E-state index contributed by atoms with van der Waals surface area (Å²) >= 11 is 4.84. The number of anilines is 1. The molecule has 1 atom stereocenters. The van der Waals surface area contributed by atoms with E-state index in [0.717, 1.165) is 30.9 Å². The SMILES string of the molecule is CC(NS(=O)(=O)c1c(Br)sc2ccnc(N3CCN(C)CC3)c12)c1ccc(F)cc1.Cl. The lowest BCUT2D eigenvalue weighted by atomic mass is 10.1. The molecule has 1 saturated heterocycles. The van der Waals surface area contributed by atoms with Crippen molar-refractivity contribution in [1.82, 2.24) is 14.6 Å². The van der Waals surface area contributed by atoms with Crippen LogP contribution in [0.25, 0.3) is 10.1 Å². The van der Waals surface area contributed by atoms with E-state index in [1.807, 2.05) is 6.07 Å². The van der Waals surface area contributed by atoms with Crippen LogP contribution < -0.4 is 9.62 Å². The summed E-state index contributed by atoms with van der Waals surface area (Å²) < 4.78 is 44.2. The number of aromatic nitrogens is 1. The zero-order chi connectivity index (χ0) is 21.5. The van der Waals surface area contributed by atoms with E-state index >= 15 is 0 Å². The van der Waals surface area contributed by atoms with E-state index in [1.54, 1.807) is 25.3 Å². The van der Waals surface area contributed by atoms with Crippen molar-refractivity contribution in [1.29, 1.82) is 0 Å². The predicted octanol–water partition coefficient (Wildman–Crippen LogP) is 4.41. The minimum atomic E-state index is -3.86. The van der Waals surface area contributed by atoms with Crippen LogP contribution in [0.1, 0.15) is 18.5 Å². The summed E-state index contributed by atoms with van der Waals surface area (Å²) in [6.07, 6.45) is 1.73. The van der Waals surface area contributed by atoms with Gasteiger partial charge < -0.3 is 9.80 Å². The van der Waals surface area contributed by atoms with Crippen molar-refractivity contribution in [2.75, 3.05) is 38.1 Å². The van der Waals surface area contributed by atoms with Gasteiger partial charge in [0.1, 0.15) is 16.5 Å². The molecular formula is C20H23BrClFN4O2S2. The first-order chi connectivity index (χ1) is 14.3. The number of rotatable bonds is 5. The summed E-state index contributed by atoms with van der Waals surface area (Å²) in [5.41, 5.74) is 0.688. The van der Waals surface area contributed by atoms with Crippen LogP contribution >= 0.6 is 39.7 Å². The Labute approximate surface area is 200 Å². The van der Waals surface area contributed by atoms with Crippen molar-refractivity contribution in [3.05, 3.63) is 51.7 Å². The van der Waals surface area contributed by atoms with Gasteiger partial charge in [-0.1, -0.05) is 12.1 Å². The largest absolute Gasteiger partial charge is 0.353 e. The van der Waals surface area contributed by atoms with Crippen LogP contribution in [-0.2, 0) is 10.0 Å². The van der Waals surface area contributed by atoms with E-state index in [4.69, 9.17) is 0 Å². The maximum absolute atomic E-state index is 13.4. The number of hydrogen-bond acceptors (Lipinski definition) is 6. The molecule has 6 nitrogen and oxygen atoms in total. The highest BCUT2D eigenvalue weighted by Gasteiger charge is 2.30. The molecular weight excluding hydrogens is 527 g/mol. The Hall–Kier alpha value is -1.30. The molecule has 4 rings (SSSR count). The van der Waals surface area contributed by atoms with E-state index in [-0.39, 0.29) is 23.1 Å². The van der Waals surface area contributed by atoms with Gasteiger partial charge in [0.2, 0.25) is 10.0 Å². The van der Waals surface area contributed by atoms with E-state index in [9.17, 15) is 12.8 Å². The fraction of sp³-hybridized carbons (Fsp3) is 0.350. The molecule has 1 fully saturated rings. The van der Waals surface area contributed by atoms with Crippen LogP contribution in [0.3, 0.4) is 0 Å². The van der Waals surface area contributed by atoms with Gasteiger partial charge in [-0.15, -0.1) is 23.7 Å². The third-order valence-electron chi connectivity index (χ3n) is 5.27. The number of nitrogens with one attached hydrogen (secondary N) is 1. The van der Waals surface area contributed by atoms with Gasteiger partial charge in [0.05, 0.1) is 9.17 Å². The number of sulfonamides is 1. The summed E-state index contributed by atoms with van der Waals surface area (Å²) in [4.78, 5) is 9.14. The predicted molar refractivity (Wildman–Crippen MR) is 129 cm³/mol. The molecule has 1 unspecified atom stereocenters. The summed E-state index contributed by atoms with van der Waals surface area (Å²) in [6, 6.07) is 7.14. The number of piperazine rings is 1. The zero-order valence-electron chi connectivity index (χ0n) is 17.0. The maximum atomic E-state index is 13.4. The van der Waals surface area contributed by atoms with Crippen LogP contribution in [0.15, 0.2) is 45.2 Å². The Balaban J connectivity index is 0.00000272. The molecule has 168 valence electrons. The molecule has 0 saturated carbocycles. The molecule has 0 amide bonds. The molecule has 1 aromatic carbocycles.